The van der Waals surface area contributed by atoms with Gasteiger partial charge < -0.3 is 10.5 Å². The normalized spacial score (nSPS) is 10.7. The van der Waals surface area contributed by atoms with Crippen molar-refractivity contribution in [2.75, 3.05) is 6.61 Å². The van der Waals surface area contributed by atoms with Crippen molar-refractivity contribution in [2.45, 2.75) is 19.9 Å². The Morgan fingerprint density at radius 1 is 1.04 bits per heavy atom. The molecule has 0 amide bonds. The summed E-state index contributed by atoms with van der Waals surface area (Å²) in [4.78, 5) is 0. The first-order chi connectivity index (χ1) is 11.3. The van der Waals surface area contributed by atoms with Gasteiger partial charge in [-0.2, -0.15) is 5.10 Å². The molecule has 118 valence electrons. The molecule has 3 rings (SSSR count). The van der Waals surface area contributed by atoms with E-state index in [2.05, 4.69) is 22.3 Å². The second-order valence-corrected chi connectivity index (χ2v) is 5.49. The number of nitrogens with one attached hydrogen (secondary N) is 1. The van der Waals surface area contributed by atoms with Crippen LogP contribution in [0, 0.1) is 6.92 Å². The summed E-state index contributed by atoms with van der Waals surface area (Å²) in [6.07, 6.45) is 0.904. The second kappa shape index (κ2) is 7.11. The fourth-order valence-electron chi connectivity index (χ4n) is 2.55. The molecule has 0 radical (unpaired) electrons. The number of ether oxygens (including phenoxy) is 1. The molecule has 0 atom stereocenters. The number of nitrogens with zero attached hydrogens (tertiary/aromatic N) is 1. The zero-order chi connectivity index (χ0) is 16.1. The number of aromatic amines is 1. The van der Waals surface area contributed by atoms with Crippen LogP contribution in [0.15, 0.2) is 54.6 Å². The molecule has 4 heteroatoms. The van der Waals surface area contributed by atoms with Crippen LogP contribution in [0.5, 0.6) is 5.75 Å². The first-order valence-corrected chi connectivity index (χ1v) is 7.79. The maximum absolute atomic E-state index is 5.81. The number of H-pyrrole nitrogens is 1. The largest absolute Gasteiger partial charge is 0.493 e. The van der Waals surface area contributed by atoms with E-state index < -0.39 is 0 Å². The van der Waals surface area contributed by atoms with Crippen LogP contribution in [0.2, 0.25) is 0 Å². The molecule has 0 fully saturated rings. The minimum absolute atomic E-state index is 0.472. The molecule has 4 nitrogen and oxygen atoms in total. The Morgan fingerprint density at radius 3 is 2.43 bits per heavy atom. The summed E-state index contributed by atoms with van der Waals surface area (Å²) < 4.78 is 5.81. The number of rotatable bonds is 6. The average Bonchev–Trinajstić information content (AvgIpc) is 2.97. The van der Waals surface area contributed by atoms with Gasteiger partial charge in [0.25, 0.3) is 0 Å². The van der Waals surface area contributed by atoms with E-state index in [0.717, 1.165) is 34.7 Å². The van der Waals surface area contributed by atoms with Crippen molar-refractivity contribution in [1.82, 2.24) is 10.2 Å². The molecule has 3 N–H and O–H groups in total. The van der Waals surface area contributed by atoms with E-state index in [-0.39, 0.29) is 0 Å². The summed E-state index contributed by atoms with van der Waals surface area (Å²) in [6.45, 7) is 3.17. The van der Waals surface area contributed by atoms with Gasteiger partial charge in [-0.05, 0) is 42.3 Å². The number of hydrogen-bond donors (Lipinski definition) is 2. The highest BCUT2D eigenvalue weighted by Gasteiger charge is 2.09. The molecule has 3 aromatic rings. The second-order valence-electron chi connectivity index (χ2n) is 5.49. The summed E-state index contributed by atoms with van der Waals surface area (Å²) in [6, 6.07) is 18.4. The van der Waals surface area contributed by atoms with Gasteiger partial charge in [0.05, 0.1) is 18.0 Å². The lowest BCUT2D eigenvalue weighted by Crippen LogP contribution is -2.01. The topological polar surface area (TPSA) is 63.9 Å². The Labute approximate surface area is 136 Å². The molecule has 1 heterocycles. The van der Waals surface area contributed by atoms with E-state index in [4.69, 9.17) is 10.5 Å². The third kappa shape index (κ3) is 3.60. The van der Waals surface area contributed by atoms with Gasteiger partial charge in [0.1, 0.15) is 5.75 Å². The van der Waals surface area contributed by atoms with E-state index in [1.165, 1.54) is 5.56 Å². The summed E-state index contributed by atoms with van der Waals surface area (Å²) in [5, 5.41) is 7.33. The molecule has 0 aliphatic heterocycles. The predicted octanol–water partition coefficient (Wildman–Crippen LogP) is 3.47. The van der Waals surface area contributed by atoms with E-state index in [1.54, 1.807) is 0 Å². The molecule has 0 aliphatic rings. The predicted molar refractivity (Wildman–Crippen MR) is 92.3 cm³/mol. The summed E-state index contributed by atoms with van der Waals surface area (Å²) >= 11 is 0. The van der Waals surface area contributed by atoms with E-state index >= 15 is 0 Å². The smallest absolute Gasteiger partial charge is 0.119 e. The highest BCUT2D eigenvalue weighted by Crippen LogP contribution is 2.25. The lowest BCUT2D eigenvalue weighted by Gasteiger charge is -2.07. The van der Waals surface area contributed by atoms with Crippen molar-refractivity contribution < 1.29 is 4.74 Å². The Kier molecular flexibility index (Phi) is 4.74. The Morgan fingerprint density at radius 2 is 1.78 bits per heavy atom. The van der Waals surface area contributed by atoms with Crippen molar-refractivity contribution >= 4 is 0 Å². The first-order valence-electron chi connectivity index (χ1n) is 7.79. The van der Waals surface area contributed by atoms with Gasteiger partial charge in [-0.25, -0.2) is 0 Å². The molecule has 23 heavy (non-hydrogen) atoms. The highest BCUT2D eigenvalue weighted by molar-refractivity contribution is 5.64. The number of hydrogen-bond acceptors (Lipinski definition) is 3. The number of aromatic nitrogens is 2. The first kappa shape index (κ1) is 15.3. The van der Waals surface area contributed by atoms with E-state index in [0.29, 0.717) is 13.2 Å². The minimum atomic E-state index is 0.472. The van der Waals surface area contributed by atoms with E-state index in [1.807, 2.05) is 49.4 Å². The maximum atomic E-state index is 5.81. The van der Waals surface area contributed by atoms with Crippen LogP contribution in [0.25, 0.3) is 11.3 Å². The van der Waals surface area contributed by atoms with Crippen molar-refractivity contribution in [3.05, 3.63) is 71.4 Å². The summed E-state index contributed by atoms with van der Waals surface area (Å²) in [5.74, 6) is 0.872. The molecule has 1 aromatic heterocycles. The SMILES string of the molecule is Cc1c(-c2ccc(OCCc3ccccc3)cc2)n[nH]c1CN. The molecule has 0 unspecified atom stereocenters. The van der Waals surface area contributed by atoms with E-state index in [9.17, 15) is 0 Å². The summed E-state index contributed by atoms with van der Waals surface area (Å²) in [7, 11) is 0. The molecule has 0 aliphatic carbocycles. The van der Waals surface area contributed by atoms with Crippen molar-refractivity contribution in [3.63, 3.8) is 0 Å². The number of benzene rings is 2. The molecular weight excluding hydrogens is 286 g/mol. The Balaban J connectivity index is 1.62. The monoisotopic (exact) mass is 307 g/mol. The van der Waals surface area contributed by atoms with Crippen LogP contribution in [0.3, 0.4) is 0 Å². The van der Waals surface area contributed by atoms with Crippen molar-refractivity contribution in [3.8, 4) is 17.0 Å². The third-order valence-corrected chi connectivity index (χ3v) is 3.94. The molecule has 0 saturated heterocycles. The fraction of sp³-hybridized carbons (Fsp3) is 0.211. The molecule has 2 aromatic carbocycles. The van der Waals surface area contributed by atoms with Crippen LogP contribution < -0.4 is 10.5 Å². The molecule has 0 bridgehead atoms. The van der Waals surface area contributed by atoms with Crippen LogP contribution in [-0.2, 0) is 13.0 Å². The van der Waals surface area contributed by atoms with Crippen molar-refractivity contribution in [2.24, 2.45) is 5.73 Å². The lowest BCUT2D eigenvalue weighted by molar-refractivity contribution is 0.322. The van der Waals surface area contributed by atoms with Crippen LogP contribution >= 0.6 is 0 Å². The standard InChI is InChI=1S/C19H21N3O/c1-14-18(13-20)21-22-19(14)16-7-9-17(10-8-16)23-12-11-15-5-3-2-4-6-15/h2-10H,11-13,20H2,1H3,(H,21,22). The zero-order valence-electron chi connectivity index (χ0n) is 13.3. The van der Waals surface area contributed by atoms with Gasteiger partial charge in [-0.15, -0.1) is 0 Å². The zero-order valence-corrected chi connectivity index (χ0v) is 13.3. The van der Waals surface area contributed by atoms with Crippen LogP contribution in [0.1, 0.15) is 16.8 Å². The van der Waals surface area contributed by atoms with Gasteiger partial charge in [0.2, 0.25) is 0 Å². The lowest BCUT2D eigenvalue weighted by atomic mass is 10.1. The molecule has 0 saturated carbocycles. The molecular formula is C19H21N3O. The van der Waals surface area contributed by atoms with Crippen LogP contribution in [0.4, 0.5) is 0 Å². The van der Waals surface area contributed by atoms with Crippen LogP contribution in [-0.4, -0.2) is 16.8 Å². The van der Waals surface area contributed by atoms with Gasteiger partial charge >= 0.3 is 0 Å². The fourth-order valence-corrected chi connectivity index (χ4v) is 2.55. The molecule has 0 spiro atoms. The maximum Gasteiger partial charge on any atom is 0.119 e. The van der Waals surface area contributed by atoms with Crippen molar-refractivity contribution in [1.29, 1.82) is 0 Å². The van der Waals surface area contributed by atoms with Gasteiger partial charge in [0.15, 0.2) is 0 Å². The minimum Gasteiger partial charge on any atom is -0.493 e. The Hall–Kier alpha value is -2.59. The highest BCUT2D eigenvalue weighted by atomic mass is 16.5. The van der Waals surface area contributed by atoms with Gasteiger partial charge in [-0.3, -0.25) is 5.10 Å². The summed E-state index contributed by atoms with van der Waals surface area (Å²) in [5.41, 5.74) is 11.0. The Bertz CT molecular complexity index is 748. The average molecular weight is 307 g/mol. The third-order valence-electron chi connectivity index (χ3n) is 3.94. The number of nitrogens with two attached hydrogens (primary N) is 1. The van der Waals surface area contributed by atoms with Gasteiger partial charge in [-0.1, -0.05) is 30.3 Å². The van der Waals surface area contributed by atoms with Gasteiger partial charge in [0, 0.05) is 18.5 Å². The quantitative estimate of drug-likeness (QED) is 0.733.